The van der Waals surface area contributed by atoms with E-state index in [4.69, 9.17) is 4.74 Å². The summed E-state index contributed by atoms with van der Waals surface area (Å²) in [5.41, 5.74) is 0.447. The van der Waals surface area contributed by atoms with E-state index in [1.807, 2.05) is 10.6 Å². The minimum Gasteiger partial charge on any atom is -0.492 e. The molecule has 1 aliphatic rings. The van der Waals surface area contributed by atoms with E-state index in [0.29, 0.717) is 23.2 Å². The van der Waals surface area contributed by atoms with Gasteiger partial charge in [-0.3, -0.25) is 20.2 Å². The Morgan fingerprint density at radius 2 is 1.75 bits per heavy atom. The van der Waals surface area contributed by atoms with Crippen molar-refractivity contribution in [1.29, 1.82) is 0 Å². The summed E-state index contributed by atoms with van der Waals surface area (Å²) in [5, 5.41) is 4.69. The molecule has 0 aliphatic carbocycles. The average molecular weight is 339 g/mol. The smallest absolute Gasteiger partial charge is 0.328 e. The van der Waals surface area contributed by atoms with E-state index in [1.54, 1.807) is 24.3 Å². The maximum atomic E-state index is 11.6. The minimum absolute atomic E-state index is 0.139. The lowest BCUT2D eigenvalue weighted by Crippen LogP contribution is -2.51. The fourth-order valence-electron chi connectivity index (χ4n) is 1.64. The van der Waals surface area contributed by atoms with Crippen molar-refractivity contribution >= 4 is 39.9 Å². The normalized spacial score (nSPS) is 14.7. The van der Waals surface area contributed by atoms with Gasteiger partial charge in [-0.15, -0.1) is 0 Å². The molecule has 0 radical (unpaired) electrons. The van der Waals surface area contributed by atoms with Crippen LogP contribution in [0.15, 0.2) is 29.8 Å². The first kappa shape index (κ1) is 14.3. The van der Waals surface area contributed by atoms with Crippen LogP contribution >= 0.6 is 15.9 Å². The lowest BCUT2D eigenvalue weighted by molar-refractivity contribution is -0.123. The summed E-state index contributed by atoms with van der Waals surface area (Å²) in [4.78, 5) is 34.2. The van der Waals surface area contributed by atoms with Gasteiger partial charge in [0.1, 0.15) is 11.3 Å². The highest BCUT2D eigenvalue weighted by Crippen LogP contribution is 2.21. The van der Waals surface area contributed by atoms with Crippen LogP contribution in [0.3, 0.4) is 0 Å². The molecule has 0 aromatic heterocycles. The molecule has 0 saturated carbocycles. The van der Waals surface area contributed by atoms with Crippen LogP contribution in [-0.4, -0.2) is 29.8 Å². The maximum absolute atomic E-state index is 11.6. The fourth-order valence-corrected chi connectivity index (χ4v) is 1.80. The van der Waals surface area contributed by atoms with Crippen molar-refractivity contribution in [3.8, 4) is 5.75 Å². The molecule has 1 heterocycles. The number of rotatable bonds is 4. The van der Waals surface area contributed by atoms with Crippen molar-refractivity contribution in [3.63, 3.8) is 0 Å². The van der Waals surface area contributed by atoms with E-state index < -0.39 is 17.8 Å². The zero-order valence-electron chi connectivity index (χ0n) is 10.3. The number of imide groups is 2. The molecule has 0 bridgehead atoms. The van der Waals surface area contributed by atoms with Crippen molar-refractivity contribution < 1.29 is 19.1 Å². The Bertz CT molecular complexity index is 576. The van der Waals surface area contributed by atoms with E-state index >= 15 is 0 Å². The number of para-hydroxylation sites is 1. The first-order valence-electron chi connectivity index (χ1n) is 5.78. The number of urea groups is 1. The quantitative estimate of drug-likeness (QED) is 0.491. The summed E-state index contributed by atoms with van der Waals surface area (Å²) in [5.74, 6) is -0.903. The van der Waals surface area contributed by atoms with Gasteiger partial charge < -0.3 is 4.74 Å². The molecule has 104 valence electrons. The highest BCUT2D eigenvalue weighted by Gasteiger charge is 2.27. The third-order valence-electron chi connectivity index (χ3n) is 2.50. The molecule has 2 rings (SSSR count). The van der Waals surface area contributed by atoms with Crippen LogP contribution in [0.1, 0.15) is 5.56 Å². The zero-order valence-corrected chi connectivity index (χ0v) is 11.9. The van der Waals surface area contributed by atoms with Gasteiger partial charge in [-0.1, -0.05) is 34.1 Å². The summed E-state index contributed by atoms with van der Waals surface area (Å²) >= 11 is 3.25. The van der Waals surface area contributed by atoms with Crippen molar-refractivity contribution in [2.45, 2.75) is 0 Å². The van der Waals surface area contributed by atoms with Crippen LogP contribution in [0.2, 0.25) is 0 Å². The Kier molecular flexibility index (Phi) is 4.52. The first-order chi connectivity index (χ1) is 9.61. The number of carbonyl (C=O) groups is 3. The Labute approximate surface area is 123 Å². The summed E-state index contributed by atoms with van der Waals surface area (Å²) in [6.45, 7) is 0.455. The van der Waals surface area contributed by atoms with E-state index in [0.717, 1.165) is 0 Å². The van der Waals surface area contributed by atoms with Gasteiger partial charge in [0.05, 0.1) is 6.61 Å². The van der Waals surface area contributed by atoms with Gasteiger partial charge in [-0.05, 0) is 12.1 Å². The van der Waals surface area contributed by atoms with Gasteiger partial charge >= 0.3 is 6.03 Å². The highest BCUT2D eigenvalue weighted by molar-refractivity contribution is 9.09. The number of ether oxygens (including phenoxy) is 1. The third-order valence-corrected chi connectivity index (χ3v) is 2.82. The topological polar surface area (TPSA) is 84.5 Å². The van der Waals surface area contributed by atoms with E-state index in [2.05, 4.69) is 15.9 Å². The molecular formula is C13H11BrN2O4. The van der Waals surface area contributed by atoms with Crippen LogP contribution < -0.4 is 15.4 Å². The summed E-state index contributed by atoms with van der Waals surface area (Å²) < 4.78 is 5.50. The largest absolute Gasteiger partial charge is 0.492 e. The Balaban J connectivity index is 2.32. The molecule has 1 aromatic carbocycles. The monoisotopic (exact) mass is 338 g/mol. The minimum atomic E-state index is -0.819. The van der Waals surface area contributed by atoms with Crippen molar-refractivity contribution in [2.75, 3.05) is 11.9 Å². The molecule has 6 nitrogen and oxygen atoms in total. The predicted octanol–water partition coefficient (Wildman–Crippen LogP) is 1.21. The Morgan fingerprint density at radius 3 is 2.40 bits per heavy atom. The van der Waals surface area contributed by atoms with Crippen molar-refractivity contribution in [3.05, 3.63) is 35.4 Å². The molecule has 0 unspecified atom stereocenters. The number of hydrogen-bond donors (Lipinski definition) is 2. The Morgan fingerprint density at radius 1 is 1.10 bits per heavy atom. The van der Waals surface area contributed by atoms with Gasteiger partial charge in [0.2, 0.25) is 0 Å². The van der Waals surface area contributed by atoms with Crippen LogP contribution in [0.25, 0.3) is 6.08 Å². The SMILES string of the molecule is O=C1NC(=O)C(=Cc2ccccc2OCCBr)C(=O)N1. The van der Waals surface area contributed by atoms with Crippen molar-refractivity contribution in [2.24, 2.45) is 0 Å². The summed E-state index contributed by atoms with van der Waals surface area (Å²) in [6, 6.07) is 6.18. The van der Waals surface area contributed by atoms with E-state index in [9.17, 15) is 14.4 Å². The Hall–Kier alpha value is -2.15. The molecule has 20 heavy (non-hydrogen) atoms. The van der Waals surface area contributed by atoms with Crippen LogP contribution in [0, 0.1) is 0 Å². The van der Waals surface area contributed by atoms with Gasteiger partial charge in [0, 0.05) is 10.9 Å². The number of nitrogens with one attached hydrogen (secondary N) is 2. The van der Waals surface area contributed by atoms with E-state index in [1.165, 1.54) is 6.08 Å². The second-order valence-electron chi connectivity index (χ2n) is 3.87. The van der Waals surface area contributed by atoms with Gasteiger partial charge in [-0.2, -0.15) is 0 Å². The predicted molar refractivity (Wildman–Crippen MR) is 75.4 cm³/mol. The van der Waals surface area contributed by atoms with Crippen molar-refractivity contribution in [1.82, 2.24) is 10.6 Å². The number of alkyl halides is 1. The van der Waals surface area contributed by atoms with Gasteiger partial charge in [-0.25, -0.2) is 4.79 Å². The number of benzene rings is 1. The molecule has 2 N–H and O–H groups in total. The molecule has 4 amide bonds. The van der Waals surface area contributed by atoms with Crippen LogP contribution in [0.5, 0.6) is 5.75 Å². The molecule has 0 atom stereocenters. The second-order valence-corrected chi connectivity index (χ2v) is 4.66. The lowest BCUT2D eigenvalue weighted by Gasteiger charge is -2.14. The first-order valence-corrected chi connectivity index (χ1v) is 6.90. The standard InChI is InChI=1S/C13H11BrN2O4/c14-5-6-20-10-4-2-1-3-8(10)7-9-11(17)15-13(19)16-12(9)18/h1-4,7H,5-6H2,(H2,15,16,17,18,19). The molecule has 1 aromatic rings. The summed E-state index contributed by atoms with van der Waals surface area (Å²) in [6.07, 6.45) is 1.39. The third kappa shape index (κ3) is 3.24. The average Bonchev–Trinajstić information content (AvgIpc) is 2.41. The number of amides is 4. The molecule has 1 saturated heterocycles. The molecule has 7 heteroatoms. The maximum Gasteiger partial charge on any atom is 0.328 e. The highest BCUT2D eigenvalue weighted by atomic mass is 79.9. The number of barbiturate groups is 1. The van der Waals surface area contributed by atoms with Gasteiger partial charge in [0.15, 0.2) is 0 Å². The van der Waals surface area contributed by atoms with Crippen LogP contribution in [-0.2, 0) is 9.59 Å². The van der Waals surface area contributed by atoms with Gasteiger partial charge in [0.25, 0.3) is 11.8 Å². The molecule has 1 aliphatic heterocycles. The molecule has 1 fully saturated rings. The lowest BCUT2D eigenvalue weighted by atomic mass is 10.1. The number of hydrogen-bond acceptors (Lipinski definition) is 4. The molecular weight excluding hydrogens is 328 g/mol. The number of carbonyl (C=O) groups excluding carboxylic acids is 3. The summed E-state index contributed by atoms with van der Waals surface area (Å²) in [7, 11) is 0. The second kappa shape index (κ2) is 6.33. The number of halogens is 1. The molecule has 0 spiro atoms. The fraction of sp³-hybridized carbons (Fsp3) is 0.154. The van der Waals surface area contributed by atoms with E-state index in [-0.39, 0.29) is 5.57 Å². The zero-order chi connectivity index (χ0) is 14.5. The van der Waals surface area contributed by atoms with Crippen LogP contribution in [0.4, 0.5) is 4.79 Å².